The van der Waals surface area contributed by atoms with Gasteiger partial charge in [-0.3, -0.25) is 27.5 Å². The average Bonchev–Trinajstić information content (AvgIpc) is 3.91. The van der Waals surface area contributed by atoms with Crippen molar-refractivity contribution in [3.63, 3.8) is 0 Å². The van der Waals surface area contributed by atoms with Gasteiger partial charge in [-0.15, -0.1) is 0 Å². The summed E-state index contributed by atoms with van der Waals surface area (Å²) in [5, 5.41) is 29.0. The van der Waals surface area contributed by atoms with E-state index in [0.29, 0.717) is 11.3 Å². The smallest absolute Gasteiger partial charge is 0.456 e. The first kappa shape index (κ1) is 52.4. The summed E-state index contributed by atoms with van der Waals surface area (Å²) < 4.78 is 64.7. The molecule has 3 aromatic heterocycles. The molecule has 0 spiro atoms. The maximum atomic E-state index is 13.8. The van der Waals surface area contributed by atoms with E-state index in [4.69, 9.17) is 45.0 Å². The molecular formula is C35H46N12O17P2S2. The van der Waals surface area contributed by atoms with Crippen molar-refractivity contribution in [1.29, 1.82) is 0 Å². The minimum Gasteiger partial charge on any atom is -0.456 e. The van der Waals surface area contributed by atoms with Crippen LogP contribution in [0.4, 0.5) is 22.1 Å². The molecule has 0 saturated carbocycles. The van der Waals surface area contributed by atoms with E-state index in [0.717, 1.165) is 17.1 Å². The van der Waals surface area contributed by atoms with Crippen molar-refractivity contribution >= 4 is 77.8 Å². The zero-order valence-electron chi connectivity index (χ0n) is 35.9. The summed E-state index contributed by atoms with van der Waals surface area (Å²) in [5.74, 6) is -1.03. The van der Waals surface area contributed by atoms with Crippen LogP contribution in [0.5, 0.6) is 0 Å². The van der Waals surface area contributed by atoms with Crippen LogP contribution in [0.1, 0.15) is 45.2 Å². The molecule has 1 amide bonds. The number of fused-ring (bicyclic) bond motifs is 1. The molecule has 2 fully saturated rings. The number of aromatic nitrogens is 6. The molecule has 2 aliphatic rings. The molecule has 1 unspecified atom stereocenters. The number of nitrogens with zero attached hydrogens (tertiary/aromatic N) is 9. The number of aliphatic hydroxyl groups excluding tert-OH is 2. The van der Waals surface area contributed by atoms with Gasteiger partial charge in [0.2, 0.25) is 0 Å². The van der Waals surface area contributed by atoms with E-state index in [2.05, 4.69) is 39.8 Å². The summed E-state index contributed by atoms with van der Waals surface area (Å²) in [6.45, 7) is 3.71. The standard InChI is InChI=1S/C35H46N12O17P2S2/c1-35(2,3)68-67-14-19(42-34(52)58-11-17-4-6-18(7-5-17)44-45-38)10-23(48)63-27-20(61-32(25(27)49)47-16-41-24-29(37)39-15-40-30(24)47)13-60-66(56,57)64-28-21(12-59-65(53,54)55)62-31(26(28)50)46-9-8-22(36)43-33(46)51/h4-9,15-16,19-21,25-28,31-32,49-50H,10-14H2,1-3H3,(H,42,52)(H,56,57)(H2,36,43,51)(H2,37,39,40)(H2,53,54,55)/t19-,20-,21-,25-,26-,27-,28-,31-,32-/m1/s1. The average molecular weight is 1030 g/mol. The second-order valence-electron chi connectivity index (χ2n) is 15.8. The van der Waals surface area contributed by atoms with E-state index in [1.54, 1.807) is 12.1 Å². The number of aliphatic hydroxyl groups is 2. The summed E-state index contributed by atoms with van der Waals surface area (Å²) in [4.78, 5) is 87.5. The lowest BCUT2D eigenvalue weighted by Gasteiger charge is -2.25. The molecule has 2 saturated heterocycles. The number of hydrogen-bond acceptors (Lipinski definition) is 23. The Morgan fingerprint density at radius 2 is 1.65 bits per heavy atom. The van der Waals surface area contributed by atoms with Gasteiger partial charge in [0, 0.05) is 27.3 Å². The number of esters is 1. The number of anilines is 2. The van der Waals surface area contributed by atoms with Crippen molar-refractivity contribution in [2.45, 2.75) is 93.7 Å². The highest BCUT2D eigenvalue weighted by atomic mass is 33.1. The third-order valence-corrected chi connectivity index (χ3v) is 14.4. The molecule has 0 aliphatic carbocycles. The summed E-state index contributed by atoms with van der Waals surface area (Å²) in [7, 11) is -7.80. The van der Waals surface area contributed by atoms with Crippen molar-refractivity contribution in [2.24, 2.45) is 5.11 Å². The number of carbonyl (C=O) groups is 2. The predicted octanol–water partition coefficient (Wildman–Crippen LogP) is 2.09. The van der Waals surface area contributed by atoms with Crippen LogP contribution in [0, 0.1) is 0 Å². The number of hydrogen-bond donors (Lipinski definition) is 8. The van der Waals surface area contributed by atoms with Crippen LogP contribution in [-0.2, 0) is 53.1 Å². The largest absolute Gasteiger partial charge is 0.472 e. The molecule has 1 aromatic carbocycles. The Labute approximate surface area is 392 Å². The van der Waals surface area contributed by atoms with Gasteiger partial charge < -0.3 is 60.6 Å². The molecule has 370 valence electrons. The molecule has 10 atom stereocenters. The normalized spacial score (nSPS) is 24.2. The first-order valence-electron chi connectivity index (χ1n) is 19.9. The number of ether oxygens (including phenoxy) is 4. The van der Waals surface area contributed by atoms with Crippen molar-refractivity contribution < 1.29 is 76.1 Å². The Hall–Kier alpha value is -4.94. The number of nitrogen functional groups attached to an aromatic ring is 2. The van der Waals surface area contributed by atoms with Crippen molar-refractivity contribution in [1.82, 2.24) is 34.4 Å². The fourth-order valence-corrected chi connectivity index (χ4v) is 10.4. The van der Waals surface area contributed by atoms with Crippen LogP contribution < -0.4 is 22.5 Å². The minimum absolute atomic E-state index is 0.0207. The molecule has 4 aromatic rings. The minimum atomic E-state index is -5.43. The number of phosphoric acid groups is 2. The van der Waals surface area contributed by atoms with Gasteiger partial charge in [-0.05, 0) is 17.2 Å². The third-order valence-electron chi connectivity index (χ3n) is 9.52. The SMILES string of the molecule is CC(C)(C)SSC[C@@H](CC(=O)O[C@H]1[C@@H](O)[C@H](n2cnc3c(N)ncnc32)O[C@@H]1COP(=O)(O)O[C@H]1[C@@H](O)[C@H](n2ccc(N)nc2=O)O[C@@H]1COP(=O)(O)O)NC(=O)OCc1ccc(N=[N+]=[N-])cc1. The lowest BCUT2D eigenvalue weighted by atomic mass is 10.1. The highest BCUT2D eigenvalue weighted by molar-refractivity contribution is 8.77. The fraction of sp³-hybridized carbons (Fsp3) is 0.514. The molecule has 10 N–H and O–H groups in total. The number of rotatable bonds is 20. The fourth-order valence-electron chi connectivity index (χ4n) is 6.55. The first-order valence-corrected chi connectivity index (χ1v) is 25.2. The first-order chi connectivity index (χ1) is 32.0. The topological polar surface area (TPSA) is 425 Å². The zero-order chi connectivity index (χ0) is 49.6. The lowest BCUT2D eigenvalue weighted by Crippen LogP contribution is -2.42. The predicted molar refractivity (Wildman–Crippen MR) is 238 cm³/mol. The molecule has 2 aliphatic heterocycles. The van der Waals surface area contributed by atoms with Crippen LogP contribution in [0.3, 0.4) is 0 Å². The molecule has 0 bridgehead atoms. The highest BCUT2D eigenvalue weighted by Gasteiger charge is 2.52. The van der Waals surface area contributed by atoms with Crippen LogP contribution in [0.15, 0.2) is 59.1 Å². The van der Waals surface area contributed by atoms with E-state index in [9.17, 15) is 48.4 Å². The van der Waals surface area contributed by atoms with Gasteiger partial charge >= 0.3 is 33.4 Å². The molecular weight excluding hydrogens is 987 g/mol. The summed E-state index contributed by atoms with van der Waals surface area (Å²) >= 11 is 0. The van der Waals surface area contributed by atoms with E-state index in [-0.39, 0.29) is 39.9 Å². The summed E-state index contributed by atoms with van der Waals surface area (Å²) in [6, 6.07) is 6.50. The van der Waals surface area contributed by atoms with Gasteiger partial charge in [-0.25, -0.2) is 33.7 Å². The molecule has 33 heteroatoms. The number of imidazole rings is 1. The molecule has 68 heavy (non-hydrogen) atoms. The number of nitrogens with one attached hydrogen (secondary N) is 1. The second kappa shape index (κ2) is 22.2. The number of benzene rings is 1. The third kappa shape index (κ3) is 14.1. The molecule has 6 rings (SSSR count). The number of alkyl carbamates (subject to hydrolysis) is 1. The van der Waals surface area contributed by atoms with Gasteiger partial charge in [-0.1, -0.05) is 71.7 Å². The highest BCUT2D eigenvalue weighted by Crippen LogP contribution is 2.50. The molecule has 5 heterocycles. The summed E-state index contributed by atoms with van der Waals surface area (Å²) in [5.41, 5.74) is 20.2. The molecule has 29 nitrogen and oxygen atoms in total. The quantitative estimate of drug-likeness (QED) is 0.0157. The van der Waals surface area contributed by atoms with Crippen LogP contribution in [0.25, 0.3) is 21.6 Å². The number of carbonyl (C=O) groups excluding carboxylic acids is 2. The molecule has 0 radical (unpaired) electrons. The summed E-state index contributed by atoms with van der Waals surface area (Å²) in [6.07, 6.45) is -11.9. The number of amides is 1. The Kier molecular flexibility index (Phi) is 17.1. The van der Waals surface area contributed by atoms with Crippen LogP contribution in [0.2, 0.25) is 0 Å². The Morgan fingerprint density at radius 3 is 2.31 bits per heavy atom. The maximum Gasteiger partial charge on any atom is 0.472 e. The Bertz CT molecular complexity index is 2630. The maximum absolute atomic E-state index is 13.8. The zero-order valence-corrected chi connectivity index (χ0v) is 39.3. The van der Waals surface area contributed by atoms with Crippen molar-refractivity contribution in [3.8, 4) is 0 Å². The number of azide groups is 1. The van der Waals surface area contributed by atoms with E-state index in [1.807, 2.05) is 20.8 Å². The van der Waals surface area contributed by atoms with Crippen molar-refractivity contribution in [2.75, 3.05) is 30.4 Å². The number of phosphoric ester groups is 2. The van der Waals surface area contributed by atoms with Gasteiger partial charge in [0.05, 0.1) is 32.0 Å². The Balaban J connectivity index is 1.19. The van der Waals surface area contributed by atoms with Gasteiger partial charge in [0.15, 0.2) is 30.0 Å². The van der Waals surface area contributed by atoms with Crippen LogP contribution >= 0.6 is 37.2 Å². The van der Waals surface area contributed by atoms with Crippen molar-refractivity contribution in [3.05, 3.63) is 75.7 Å². The van der Waals surface area contributed by atoms with E-state index < -0.39 is 108 Å². The monoisotopic (exact) mass is 1030 g/mol. The van der Waals surface area contributed by atoms with Gasteiger partial charge in [-0.2, -0.15) is 4.98 Å². The van der Waals surface area contributed by atoms with E-state index >= 15 is 0 Å². The second-order valence-corrected chi connectivity index (χ2v) is 21.6. The van der Waals surface area contributed by atoms with Gasteiger partial charge in [0.1, 0.15) is 54.8 Å². The lowest BCUT2D eigenvalue weighted by molar-refractivity contribution is -0.157. The Morgan fingerprint density at radius 1 is 0.985 bits per heavy atom. The van der Waals surface area contributed by atoms with Gasteiger partial charge in [0.25, 0.3) is 0 Å². The van der Waals surface area contributed by atoms with E-state index in [1.165, 1.54) is 50.7 Å². The number of nitrogens with two attached hydrogens (primary N) is 2. The van der Waals surface area contributed by atoms with Crippen LogP contribution in [-0.4, -0.2) is 132 Å².